The highest BCUT2D eigenvalue weighted by Crippen LogP contribution is 2.27. The van der Waals surface area contributed by atoms with Crippen LogP contribution in [0.25, 0.3) is 11.3 Å². The van der Waals surface area contributed by atoms with Gasteiger partial charge in [0.05, 0.1) is 18.5 Å². The van der Waals surface area contributed by atoms with Crippen LogP contribution in [-0.4, -0.2) is 34.9 Å². The van der Waals surface area contributed by atoms with Crippen LogP contribution in [0.4, 0.5) is 11.5 Å². The maximum Gasteiger partial charge on any atom is 0.294 e. The molecule has 3 aromatic rings. The van der Waals surface area contributed by atoms with Gasteiger partial charge in [0, 0.05) is 36.5 Å². The van der Waals surface area contributed by atoms with Gasteiger partial charge >= 0.3 is 0 Å². The smallest absolute Gasteiger partial charge is 0.294 e. The van der Waals surface area contributed by atoms with E-state index in [1.807, 2.05) is 0 Å². The number of rotatable bonds is 11. The van der Waals surface area contributed by atoms with Gasteiger partial charge in [0.15, 0.2) is 5.82 Å². The first-order chi connectivity index (χ1) is 16.8. The van der Waals surface area contributed by atoms with Gasteiger partial charge in [-0.2, -0.15) is 0 Å². The zero-order valence-electron chi connectivity index (χ0n) is 19.9. The molecule has 1 heterocycles. The third-order valence-electron chi connectivity index (χ3n) is 5.34. The highest BCUT2D eigenvalue weighted by Gasteiger charge is 2.16. The van der Waals surface area contributed by atoms with Gasteiger partial charge in [-0.05, 0) is 24.1 Å². The second-order valence-electron chi connectivity index (χ2n) is 8.01. The highest BCUT2D eigenvalue weighted by atomic mass is 16.5. The predicted molar refractivity (Wildman–Crippen MR) is 138 cm³/mol. The highest BCUT2D eigenvalue weighted by molar-refractivity contribution is 5.94. The van der Waals surface area contributed by atoms with Crippen LogP contribution in [0.5, 0.6) is 5.75 Å². The van der Waals surface area contributed by atoms with Crippen molar-refractivity contribution in [3.8, 4) is 17.0 Å². The number of benzene rings is 2. The number of carbonyl (C=O) groups excluding carboxylic acids is 1. The molecule has 0 radical (unpaired) electrons. The Labute approximate surface area is 203 Å². The normalized spacial score (nSPS) is 10.6. The van der Waals surface area contributed by atoms with Crippen molar-refractivity contribution < 1.29 is 9.53 Å². The van der Waals surface area contributed by atoms with E-state index in [-0.39, 0.29) is 30.7 Å². The first-order valence-electron chi connectivity index (χ1n) is 11.3. The lowest BCUT2D eigenvalue weighted by Crippen LogP contribution is -2.34. The Bertz CT molecular complexity index is 1250. The second-order valence-corrected chi connectivity index (χ2v) is 8.01. The monoisotopic (exact) mass is 477 g/mol. The Morgan fingerprint density at radius 2 is 1.94 bits per heavy atom. The molecule has 0 aliphatic rings. The van der Waals surface area contributed by atoms with Crippen LogP contribution in [-0.2, 0) is 17.9 Å². The topological polar surface area (TPSA) is 161 Å². The van der Waals surface area contributed by atoms with Gasteiger partial charge in [0.25, 0.3) is 5.56 Å². The summed E-state index contributed by atoms with van der Waals surface area (Å²) in [6.45, 7) is 2.68. The summed E-state index contributed by atoms with van der Waals surface area (Å²) in [5.74, 6) is 0.347. The lowest BCUT2D eigenvalue weighted by molar-refractivity contribution is -0.121. The average molecular weight is 478 g/mol. The second kappa shape index (κ2) is 11.7. The Balaban J connectivity index is 1.84. The van der Waals surface area contributed by atoms with Crippen molar-refractivity contribution in [2.75, 3.05) is 24.7 Å². The molecule has 2 aromatic carbocycles. The molecule has 0 unspecified atom stereocenters. The maximum atomic E-state index is 13.0. The van der Waals surface area contributed by atoms with E-state index in [4.69, 9.17) is 21.6 Å². The van der Waals surface area contributed by atoms with Gasteiger partial charge in [-0.3, -0.25) is 19.6 Å². The van der Waals surface area contributed by atoms with Crippen LogP contribution in [0.15, 0.2) is 53.5 Å². The average Bonchev–Trinajstić information content (AvgIpc) is 2.84. The molecular weight excluding hydrogens is 446 g/mol. The largest absolute Gasteiger partial charge is 0.493 e. The number of nitrogens with zero attached hydrogens (tertiary/aromatic N) is 2. The molecule has 0 saturated heterocycles. The van der Waals surface area contributed by atoms with E-state index in [0.29, 0.717) is 34.9 Å². The number of aromatic nitrogens is 2. The fourth-order valence-corrected chi connectivity index (χ4v) is 3.44. The predicted octanol–water partition coefficient (Wildman–Crippen LogP) is 2.31. The summed E-state index contributed by atoms with van der Waals surface area (Å²) in [4.78, 5) is 30.0. The molecule has 1 aromatic heterocycles. The lowest BCUT2D eigenvalue weighted by Gasteiger charge is -2.16. The minimum atomic E-state index is -0.429. The third-order valence-corrected chi connectivity index (χ3v) is 5.34. The Kier molecular flexibility index (Phi) is 8.44. The summed E-state index contributed by atoms with van der Waals surface area (Å²) in [5, 5.41) is 13.1. The van der Waals surface area contributed by atoms with Gasteiger partial charge < -0.3 is 26.8 Å². The van der Waals surface area contributed by atoms with E-state index >= 15 is 0 Å². The number of nitrogens with two attached hydrogens (primary N) is 2. The summed E-state index contributed by atoms with van der Waals surface area (Å²) in [6.07, 6.45) is 3.44. The van der Waals surface area contributed by atoms with Crippen LogP contribution in [0.2, 0.25) is 0 Å². The number of hydrogen-bond acceptors (Lipinski definition) is 7. The van der Waals surface area contributed by atoms with Crippen molar-refractivity contribution in [1.29, 1.82) is 5.41 Å². The Morgan fingerprint density at radius 1 is 1.20 bits per heavy atom. The van der Waals surface area contributed by atoms with Crippen molar-refractivity contribution >= 4 is 23.2 Å². The van der Waals surface area contributed by atoms with Crippen LogP contribution in [0.1, 0.15) is 30.9 Å². The summed E-state index contributed by atoms with van der Waals surface area (Å²) in [7, 11) is 1.60. The molecule has 0 spiro atoms. The van der Waals surface area contributed by atoms with Gasteiger partial charge in [-0.15, -0.1) is 0 Å². The summed E-state index contributed by atoms with van der Waals surface area (Å²) < 4.78 is 7.15. The molecule has 0 saturated carbocycles. The Morgan fingerprint density at radius 3 is 2.60 bits per heavy atom. The van der Waals surface area contributed by atoms with Crippen LogP contribution in [0.3, 0.4) is 0 Å². The number of amidine groups is 1. The molecule has 10 heteroatoms. The Hall–Kier alpha value is -4.34. The molecule has 184 valence electrons. The standard InChI is InChI=1S/C25H31N7O3/c1-3-4-9-35-20-11-18(10-19(26)12-20)21-14-31-24(29-2)25(34)32(21)15-22(33)30-13-16-5-7-17(8-6-16)23(27)28/h5-8,10-12,14H,3-4,9,13,15,26H2,1-2H3,(H3,27,28)(H,29,31)(H,30,33). The first-order valence-corrected chi connectivity index (χ1v) is 11.3. The van der Waals surface area contributed by atoms with E-state index in [1.54, 1.807) is 49.5 Å². The lowest BCUT2D eigenvalue weighted by atomic mass is 10.1. The summed E-state index contributed by atoms with van der Waals surface area (Å²) >= 11 is 0. The molecule has 35 heavy (non-hydrogen) atoms. The van der Waals surface area contributed by atoms with Crippen molar-refractivity contribution in [2.24, 2.45) is 5.73 Å². The molecule has 0 aliphatic heterocycles. The SMILES string of the molecule is CCCCOc1cc(N)cc(-c2cnc(NC)c(=O)n2CC(=O)NCc2ccc(C(=N)N)cc2)c1. The zero-order valence-corrected chi connectivity index (χ0v) is 19.9. The summed E-state index contributed by atoms with van der Waals surface area (Å²) in [5.41, 5.74) is 14.1. The maximum absolute atomic E-state index is 13.0. The number of unbranched alkanes of at least 4 members (excludes halogenated alkanes) is 1. The van der Waals surface area contributed by atoms with Crippen LogP contribution in [0, 0.1) is 5.41 Å². The van der Waals surface area contributed by atoms with Crippen LogP contribution >= 0.6 is 0 Å². The van der Waals surface area contributed by atoms with Gasteiger partial charge in [0.1, 0.15) is 18.1 Å². The van der Waals surface area contributed by atoms with E-state index < -0.39 is 5.56 Å². The van der Waals surface area contributed by atoms with E-state index in [2.05, 4.69) is 22.5 Å². The van der Waals surface area contributed by atoms with E-state index in [9.17, 15) is 9.59 Å². The number of nitrogen functional groups attached to an aromatic ring is 2. The minimum absolute atomic E-state index is 0.0222. The third kappa shape index (κ3) is 6.59. The van der Waals surface area contributed by atoms with Gasteiger partial charge in [-0.1, -0.05) is 37.6 Å². The van der Waals surface area contributed by atoms with Crippen molar-refractivity contribution in [3.63, 3.8) is 0 Å². The molecule has 0 aliphatic carbocycles. The van der Waals surface area contributed by atoms with E-state index in [1.165, 1.54) is 10.8 Å². The molecule has 1 amide bonds. The molecule has 7 N–H and O–H groups in total. The zero-order chi connectivity index (χ0) is 25.4. The molecule has 0 bridgehead atoms. The summed E-state index contributed by atoms with van der Waals surface area (Å²) in [6, 6.07) is 12.2. The number of ether oxygens (including phenoxy) is 1. The van der Waals surface area contributed by atoms with Crippen molar-refractivity contribution in [2.45, 2.75) is 32.9 Å². The first kappa shape index (κ1) is 25.3. The molecule has 10 nitrogen and oxygen atoms in total. The number of amides is 1. The molecular formula is C25H31N7O3. The number of carbonyl (C=O) groups is 1. The number of hydrogen-bond donors (Lipinski definition) is 5. The van der Waals surface area contributed by atoms with E-state index in [0.717, 1.165) is 18.4 Å². The molecule has 3 rings (SSSR count). The van der Waals surface area contributed by atoms with Crippen molar-refractivity contribution in [3.05, 3.63) is 70.1 Å². The van der Waals surface area contributed by atoms with Crippen LogP contribution < -0.4 is 32.4 Å². The van der Waals surface area contributed by atoms with Gasteiger partial charge in [0.2, 0.25) is 5.91 Å². The van der Waals surface area contributed by atoms with Gasteiger partial charge in [-0.25, -0.2) is 4.98 Å². The molecule has 0 atom stereocenters. The molecule has 0 fully saturated rings. The number of nitrogens with one attached hydrogen (secondary N) is 3. The quantitative estimate of drug-likeness (QED) is 0.122. The fourth-order valence-electron chi connectivity index (χ4n) is 3.44. The number of anilines is 2. The van der Waals surface area contributed by atoms with Crippen molar-refractivity contribution in [1.82, 2.24) is 14.9 Å². The minimum Gasteiger partial charge on any atom is -0.493 e. The fraction of sp³-hybridized carbons (Fsp3) is 0.280.